The summed E-state index contributed by atoms with van der Waals surface area (Å²) in [7, 11) is 0. The number of fused-ring (bicyclic) bond motifs is 1. The van der Waals surface area contributed by atoms with Gasteiger partial charge in [0.05, 0.1) is 6.61 Å². The van der Waals surface area contributed by atoms with Crippen molar-refractivity contribution in [2.24, 2.45) is 5.92 Å². The molecule has 0 unspecified atom stereocenters. The van der Waals surface area contributed by atoms with Crippen molar-refractivity contribution in [3.8, 4) is 5.75 Å². The van der Waals surface area contributed by atoms with Crippen molar-refractivity contribution < 1.29 is 14.3 Å². The highest BCUT2D eigenvalue weighted by Crippen LogP contribution is 2.27. The molecule has 2 aliphatic heterocycles. The fourth-order valence-corrected chi connectivity index (χ4v) is 3.24. The summed E-state index contributed by atoms with van der Waals surface area (Å²) in [4.78, 5) is 26.5. The number of carbonyl (C=O) groups excluding carboxylic acids is 2. The summed E-state index contributed by atoms with van der Waals surface area (Å²) in [5.74, 6) is 1.13. The van der Waals surface area contributed by atoms with E-state index < -0.39 is 0 Å². The molecule has 1 aromatic rings. The van der Waals surface area contributed by atoms with Gasteiger partial charge >= 0.3 is 0 Å². The van der Waals surface area contributed by atoms with Crippen molar-refractivity contribution in [1.29, 1.82) is 0 Å². The van der Waals surface area contributed by atoms with Crippen molar-refractivity contribution >= 4 is 11.8 Å². The molecule has 1 fully saturated rings. The Morgan fingerprint density at radius 3 is 2.83 bits per heavy atom. The van der Waals surface area contributed by atoms with Gasteiger partial charge in [-0.15, -0.1) is 0 Å². The van der Waals surface area contributed by atoms with Crippen LogP contribution in [0.2, 0.25) is 0 Å². The largest absolute Gasteiger partial charge is 0.493 e. The molecule has 23 heavy (non-hydrogen) atoms. The summed E-state index contributed by atoms with van der Waals surface area (Å²) < 4.78 is 5.48. The second-order valence-electron chi connectivity index (χ2n) is 6.28. The molecule has 5 nitrogen and oxygen atoms in total. The van der Waals surface area contributed by atoms with Gasteiger partial charge in [0.2, 0.25) is 5.91 Å². The predicted molar refractivity (Wildman–Crippen MR) is 87.6 cm³/mol. The van der Waals surface area contributed by atoms with Crippen LogP contribution in [0.25, 0.3) is 0 Å². The number of hydrogen-bond donors (Lipinski definition) is 1. The summed E-state index contributed by atoms with van der Waals surface area (Å²) in [6.07, 6.45) is 3.31. The lowest BCUT2D eigenvalue weighted by Gasteiger charge is -2.31. The number of amides is 2. The number of ether oxygens (including phenoxy) is 1. The molecule has 3 rings (SSSR count). The maximum absolute atomic E-state index is 12.6. The molecular weight excluding hydrogens is 292 g/mol. The van der Waals surface area contributed by atoms with Crippen LogP contribution in [-0.4, -0.2) is 43.0 Å². The Morgan fingerprint density at radius 1 is 1.30 bits per heavy atom. The Balaban J connectivity index is 1.57. The minimum atomic E-state index is 0.0408. The second-order valence-corrected chi connectivity index (χ2v) is 6.28. The Morgan fingerprint density at radius 2 is 2.09 bits per heavy atom. The van der Waals surface area contributed by atoms with E-state index in [1.807, 2.05) is 30.0 Å². The number of nitrogens with zero attached hydrogens (tertiary/aromatic N) is 1. The first-order valence-corrected chi connectivity index (χ1v) is 8.51. The molecule has 2 amide bonds. The van der Waals surface area contributed by atoms with Gasteiger partial charge in [0.15, 0.2) is 0 Å². The minimum absolute atomic E-state index is 0.0408. The van der Waals surface area contributed by atoms with E-state index in [2.05, 4.69) is 5.32 Å². The highest BCUT2D eigenvalue weighted by atomic mass is 16.5. The number of likely N-dealkylation sites (tertiary alicyclic amines) is 1. The molecule has 0 aliphatic carbocycles. The highest BCUT2D eigenvalue weighted by Gasteiger charge is 2.28. The van der Waals surface area contributed by atoms with Gasteiger partial charge in [-0.3, -0.25) is 9.59 Å². The van der Waals surface area contributed by atoms with Gasteiger partial charge in [0.1, 0.15) is 5.75 Å². The molecule has 1 aromatic carbocycles. The zero-order valence-corrected chi connectivity index (χ0v) is 13.6. The summed E-state index contributed by atoms with van der Waals surface area (Å²) in [6.45, 7) is 4.77. The standard InChI is InChI=1S/C18H24N2O3/c1-2-8-19-17(21)13-5-9-20(10-6-13)18(22)15-3-4-16-14(12-15)7-11-23-16/h3-4,12-13H,2,5-11H2,1H3,(H,19,21). The van der Waals surface area contributed by atoms with Crippen molar-refractivity contribution in [1.82, 2.24) is 10.2 Å². The average molecular weight is 316 g/mol. The van der Waals surface area contributed by atoms with E-state index in [0.717, 1.165) is 49.1 Å². The van der Waals surface area contributed by atoms with Crippen LogP contribution in [0.4, 0.5) is 0 Å². The average Bonchev–Trinajstić information content (AvgIpc) is 3.06. The van der Waals surface area contributed by atoms with E-state index >= 15 is 0 Å². The summed E-state index contributed by atoms with van der Waals surface area (Å²) in [6, 6.07) is 5.68. The molecular formula is C18H24N2O3. The van der Waals surface area contributed by atoms with Crippen molar-refractivity contribution in [3.63, 3.8) is 0 Å². The number of hydrogen-bond acceptors (Lipinski definition) is 3. The van der Waals surface area contributed by atoms with Crippen LogP contribution in [0.3, 0.4) is 0 Å². The Labute approximate surface area is 137 Å². The molecule has 0 atom stereocenters. The van der Waals surface area contributed by atoms with Gasteiger partial charge in [-0.2, -0.15) is 0 Å². The lowest BCUT2D eigenvalue weighted by atomic mass is 9.95. The van der Waals surface area contributed by atoms with Crippen molar-refractivity contribution in [2.75, 3.05) is 26.2 Å². The third kappa shape index (κ3) is 3.49. The van der Waals surface area contributed by atoms with Gasteiger partial charge in [-0.25, -0.2) is 0 Å². The van der Waals surface area contributed by atoms with E-state index in [0.29, 0.717) is 19.7 Å². The maximum atomic E-state index is 12.6. The van der Waals surface area contributed by atoms with E-state index in [-0.39, 0.29) is 17.7 Å². The summed E-state index contributed by atoms with van der Waals surface area (Å²) >= 11 is 0. The third-order valence-corrected chi connectivity index (χ3v) is 4.64. The van der Waals surface area contributed by atoms with Crippen LogP contribution in [0, 0.1) is 5.92 Å². The highest BCUT2D eigenvalue weighted by molar-refractivity contribution is 5.95. The van der Waals surface area contributed by atoms with E-state index in [4.69, 9.17) is 4.74 Å². The quantitative estimate of drug-likeness (QED) is 0.924. The third-order valence-electron chi connectivity index (χ3n) is 4.64. The summed E-state index contributed by atoms with van der Waals surface area (Å²) in [5, 5.41) is 2.95. The monoisotopic (exact) mass is 316 g/mol. The van der Waals surface area contributed by atoms with Crippen LogP contribution >= 0.6 is 0 Å². The molecule has 0 bridgehead atoms. The number of piperidine rings is 1. The van der Waals surface area contributed by atoms with E-state index in [9.17, 15) is 9.59 Å². The Kier molecular flexibility index (Phi) is 4.84. The van der Waals surface area contributed by atoms with Crippen LogP contribution in [-0.2, 0) is 11.2 Å². The SMILES string of the molecule is CCCNC(=O)C1CCN(C(=O)c2ccc3c(c2)CCO3)CC1. The molecule has 1 saturated heterocycles. The van der Waals surface area contributed by atoms with Crippen LogP contribution in [0.5, 0.6) is 5.75 Å². The smallest absolute Gasteiger partial charge is 0.253 e. The predicted octanol–water partition coefficient (Wildman–Crippen LogP) is 2.00. The van der Waals surface area contributed by atoms with Crippen LogP contribution in [0.15, 0.2) is 18.2 Å². The molecule has 0 spiro atoms. The normalized spacial score (nSPS) is 17.5. The van der Waals surface area contributed by atoms with Gasteiger partial charge in [-0.1, -0.05) is 6.92 Å². The molecule has 1 N–H and O–H groups in total. The number of benzene rings is 1. The zero-order valence-electron chi connectivity index (χ0n) is 13.6. The van der Waals surface area contributed by atoms with Crippen molar-refractivity contribution in [3.05, 3.63) is 29.3 Å². The molecule has 124 valence electrons. The fourth-order valence-electron chi connectivity index (χ4n) is 3.24. The Bertz CT molecular complexity index is 592. The number of nitrogens with one attached hydrogen (secondary N) is 1. The molecule has 5 heteroatoms. The molecule has 2 aliphatic rings. The zero-order chi connectivity index (χ0) is 16.2. The molecule has 0 aromatic heterocycles. The lowest BCUT2D eigenvalue weighted by Crippen LogP contribution is -2.43. The van der Waals surface area contributed by atoms with Gasteiger partial charge in [0.25, 0.3) is 5.91 Å². The first-order valence-electron chi connectivity index (χ1n) is 8.51. The first kappa shape index (κ1) is 15.8. The minimum Gasteiger partial charge on any atom is -0.493 e. The van der Waals surface area contributed by atoms with Gasteiger partial charge < -0.3 is 15.0 Å². The Hall–Kier alpha value is -2.04. The number of rotatable bonds is 4. The number of carbonyl (C=O) groups is 2. The van der Waals surface area contributed by atoms with Crippen LogP contribution < -0.4 is 10.1 Å². The molecule has 2 heterocycles. The topological polar surface area (TPSA) is 58.6 Å². The molecule has 0 saturated carbocycles. The fraction of sp³-hybridized carbons (Fsp3) is 0.556. The first-order chi connectivity index (χ1) is 11.2. The van der Waals surface area contributed by atoms with E-state index in [1.54, 1.807) is 0 Å². The maximum Gasteiger partial charge on any atom is 0.253 e. The van der Waals surface area contributed by atoms with Crippen LogP contribution in [0.1, 0.15) is 42.1 Å². The second kappa shape index (κ2) is 7.02. The lowest BCUT2D eigenvalue weighted by molar-refractivity contribution is -0.126. The molecule has 0 radical (unpaired) electrons. The van der Waals surface area contributed by atoms with Crippen molar-refractivity contribution in [2.45, 2.75) is 32.6 Å². The van der Waals surface area contributed by atoms with Gasteiger partial charge in [-0.05, 0) is 43.0 Å². The van der Waals surface area contributed by atoms with Gasteiger partial charge in [0, 0.05) is 37.5 Å². The summed E-state index contributed by atoms with van der Waals surface area (Å²) in [5.41, 5.74) is 1.84. The van der Waals surface area contributed by atoms with E-state index in [1.165, 1.54) is 0 Å².